The van der Waals surface area contributed by atoms with Gasteiger partial charge in [0, 0.05) is 27.2 Å². The summed E-state index contributed by atoms with van der Waals surface area (Å²) in [6, 6.07) is 10.4. The molecule has 3 aromatic rings. The number of benzene rings is 2. The van der Waals surface area contributed by atoms with Crippen LogP contribution in [0, 0.1) is 11.8 Å². The number of hydrogen-bond acceptors (Lipinski definition) is 3. The molecule has 28 heavy (non-hydrogen) atoms. The van der Waals surface area contributed by atoms with Crippen LogP contribution in [0.4, 0.5) is 10.5 Å². The van der Waals surface area contributed by atoms with Crippen LogP contribution in [0.5, 0.6) is 0 Å². The first kappa shape index (κ1) is 17.8. The summed E-state index contributed by atoms with van der Waals surface area (Å²) in [6.45, 7) is 0. The lowest BCUT2D eigenvalue weighted by atomic mass is 9.86. The molecule has 2 fully saturated rings. The van der Waals surface area contributed by atoms with E-state index in [2.05, 4.69) is 20.8 Å². The van der Waals surface area contributed by atoms with Crippen molar-refractivity contribution in [3.05, 3.63) is 58.2 Å². The molecule has 2 amide bonds. The van der Waals surface area contributed by atoms with Crippen molar-refractivity contribution >= 4 is 45.8 Å². The minimum atomic E-state index is -0.954. The molecule has 144 valence electrons. The lowest BCUT2D eigenvalue weighted by molar-refractivity contribution is 0.0300. The molecule has 0 saturated heterocycles. The number of amides is 2. The molecular formula is C20H18Cl2N4O2. The fourth-order valence-corrected chi connectivity index (χ4v) is 4.99. The summed E-state index contributed by atoms with van der Waals surface area (Å²) in [6.07, 6.45) is 2.89. The van der Waals surface area contributed by atoms with E-state index in [9.17, 15) is 9.90 Å². The first-order chi connectivity index (χ1) is 13.4. The number of aliphatic hydroxyl groups is 1. The predicted octanol–water partition coefficient (Wildman–Crippen LogP) is 4.29. The van der Waals surface area contributed by atoms with E-state index < -0.39 is 5.60 Å². The van der Waals surface area contributed by atoms with Gasteiger partial charge in [-0.1, -0.05) is 29.3 Å². The quantitative estimate of drug-likeness (QED) is 0.513. The lowest BCUT2D eigenvalue weighted by Gasteiger charge is -2.27. The number of aromatic amines is 1. The Hall–Kier alpha value is -2.28. The maximum Gasteiger partial charge on any atom is 0.319 e. The number of carbonyl (C=O) groups is 1. The summed E-state index contributed by atoms with van der Waals surface area (Å²) in [5.74, 6) is 0.493. The van der Waals surface area contributed by atoms with Gasteiger partial charge in [0.15, 0.2) is 0 Å². The third-order valence-corrected chi connectivity index (χ3v) is 6.34. The molecule has 0 unspecified atom stereocenters. The summed E-state index contributed by atoms with van der Waals surface area (Å²) in [4.78, 5) is 12.3. The van der Waals surface area contributed by atoms with Gasteiger partial charge >= 0.3 is 6.03 Å². The van der Waals surface area contributed by atoms with Gasteiger partial charge in [-0.25, -0.2) is 4.79 Å². The number of carbonyl (C=O) groups excluding carboxylic acids is 1. The van der Waals surface area contributed by atoms with Crippen LogP contribution >= 0.6 is 23.2 Å². The number of rotatable bonds is 3. The Morgan fingerprint density at radius 3 is 2.71 bits per heavy atom. The van der Waals surface area contributed by atoms with Crippen LogP contribution < -0.4 is 10.6 Å². The van der Waals surface area contributed by atoms with Crippen LogP contribution in [0.15, 0.2) is 42.6 Å². The van der Waals surface area contributed by atoms with Crippen LogP contribution in [-0.2, 0) is 5.60 Å². The number of aromatic nitrogens is 2. The van der Waals surface area contributed by atoms with Crippen molar-refractivity contribution < 1.29 is 9.90 Å². The molecule has 2 aliphatic carbocycles. The molecule has 5 rings (SSSR count). The number of urea groups is 1. The standard InChI is InChI=1S/C20H18Cl2N4O2/c21-10-2-1-3-12(4-10)24-19(27)25-18-13-7-20(28,8-14(13)18)16-5-11(22)6-17-15(16)9-23-26-17/h1-6,9,13-14,18,28H,7-8H2,(H,23,26)(H2,24,25,27)/t13-,14+,18+,20-. The van der Waals surface area contributed by atoms with Gasteiger partial charge in [-0.05, 0) is 60.6 Å². The van der Waals surface area contributed by atoms with Crippen LogP contribution in [0.2, 0.25) is 10.0 Å². The number of nitrogens with zero attached hydrogens (tertiary/aromatic N) is 1. The highest BCUT2D eigenvalue weighted by Gasteiger charge is 2.62. The molecule has 2 saturated carbocycles. The van der Waals surface area contributed by atoms with E-state index in [1.807, 2.05) is 6.07 Å². The molecular weight excluding hydrogens is 399 g/mol. The molecule has 6 nitrogen and oxygen atoms in total. The molecule has 4 atom stereocenters. The van der Waals surface area contributed by atoms with Crippen molar-refractivity contribution in [1.82, 2.24) is 15.5 Å². The van der Waals surface area contributed by atoms with E-state index in [0.29, 0.717) is 28.6 Å². The SMILES string of the molecule is O=C(Nc1cccc(Cl)c1)N[C@H]1[C@@H]2C[C@](O)(c3cc(Cl)cc4[nH]ncc34)C[C@@H]21. The van der Waals surface area contributed by atoms with Crippen molar-refractivity contribution in [1.29, 1.82) is 0 Å². The highest BCUT2D eigenvalue weighted by Crippen LogP contribution is 2.60. The Bertz CT molecular complexity index is 1070. The third-order valence-electron chi connectivity index (χ3n) is 5.88. The number of anilines is 1. The van der Waals surface area contributed by atoms with Gasteiger partial charge in [-0.15, -0.1) is 0 Å². The molecule has 2 aromatic carbocycles. The molecule has 0 aliphatic heterocycles. The molecule has 0 bridgehead atoms. The molecule has 1 aromatic heterocycles. The van der Waals surface area contributed by atoms with E-state index in [1.54, 1.807) is 36.5 Å². The largest absolute Gasteiger partial charge is 0.385 e. The van der Waals surface area contributed by atoms with Gasteiger partial charge in [0.2, 0.25) is 0 Å². The lowest BCUT2D eigenvalue weighted by Crippen LogP contribution is -2.36. The van der Waals surface area contributed by atoms with Crippen LogP contribution in [0.25, 0.3) is 10.9 Å². The smallest absolute Gasteiger partial charge is 0.319 e. The second-order valence-electron chi connectivity index (χ2n) is 7.69. The Labute approximate surface area is 171 Å². The molecule has 4 N–H and O–H groups in total. The minimum absolute atomic E-state index is 0.0680. The Morgan fingerprint density at radius 1 is 1.18 bits per heavy atom. The minimum Gasteiger partial charge on any atom is -0.385 e. The topological polar surface area (TPSA) is 90.0 Å². The summed E-state index contributed by atoms with van der Waals surface area (Å²) in [5.41, 5.74) is 1.31. The maximum absolute atomic E-state index is 12.3. The summed E-state index contributed by atoms with van der Waals surface area (Å²) in [5, 5.41) is 26.1. The monoisotopic (exact) mass is 416 g/mol. The zero-order chi connectivity index (χ0) is 19.5. The normalized spacial score (nSPS) is 28.2. The molecule has 8 heteroatoms. The second-order valence-corrected chi connectivity index (χ2v) is 8.56. The van der Waals surface area contributed by atoms with Crippen molar-refractivity contribution in [2.24, 2.45) is 11.8 Å². The zero-order valence-corrected chi connectivity index (χ0v) is 16.3. The third kappa shape index (κ3) is 3.02. The fraction of sp³-hybridized carbons (Fsp3) is 0.300. The van der Waals surface area contributed by atoms with Gasteiger partial charge in [0.05, 0.1) is 17.3 Å². The molecule has 2 aliphatic rings. The van der Waals surface area contributed by atoms with Crippen LogP contribution in [-0.4, -0.2) is 27.4 Å². The van der Waals surface area contributed by atoms with Gasteiger partial charge in [-0.2, -0.15) is 5.10 Å². The summed E-state index contributed by atoms with van der Waals surface area (Å²) < 4.78 is 0. The van der Waals surface area contributed by atoms with Gasteiger partial charge in [0.25, 0.3) is 0 Å². The van der Waals surface area contributed by atoms with Crippen LogP contribution in [0.3, 0.4) is 0 Å². The Balaban J connectivity index is 1.26. The average molecular weight is 417 g/mol. The fourth-order valence-electron chi connectivity index (χ4n) is 4.58. The van der Waals surface area contributed by atoms with E-state index in [1.165, 1.54) is 0 Å². The Morgan fingerprint density at radius 2 is 1.96 bits per heavy atom. The maximum atomic E-state index is 12.3. The van der Waals surface area contributed by atoms with E-state index in [0.717, 1.165) is 16.5 Å². The summed E-state index contributed by atoms with van der Waals surface area (Å²) in [7, 11) is 0. The first-order valence-corrected chi connectivity index (χ1v) is 9.87. The number of H-pyrrole nitrogens is 1. The molecule has 0 radical (unpaired) electrons. The van der Waals surface area contributed by atoms with Crippen LogP contribution in [0.1, 0.15) is 18.4 Å². The van der Waals surface area contributed by atoms with Gasteiger partial charge in [0.1, 0.15) is 0 Å². The van der Waals surface area contributed by atoms with E-state index >= 15 is 0 Å². The predicted molar refractivity (Wildman–Crippen MR) is 109 cm³/mol. The molecule has 1 heterocycles. The van der Waals surface area contributed by atoms with E-state index in [-0.39, 0.29) is 23.9 Å². The Kier molecular flexibility index (Phi) is 4.05. The van der Waals surface area contributed by atoms with Gasteiger partial charge in [-0.3, -0.25) is 5.10 Å². The number of fused-ring (bicyclic) bond motifs is 2. The number of halogens is 2. The second kappa shape index (κ2) is 6.37. The number of hydrogen-bond donors (Lipinski definition) is 4. The molecule has 0 spiro atoms. The van der Waals surface area contributed by atoms with Crippen molar-refractivity contribution in [3.8, 4) is 0 Å². The van der Waals surface area contributed by atoms with Crippen molar-refractivity contribution in [2.75, 3.05) is 5.32 Å². The number of nitrogens with one attached hydrogen (secondary N) is 3. The first-order valence-electron chi connectivity index (χ1n) is 9.11. The van der Waals surface area contributed by atoms with E-state index in [4.69, 9.17) is 23.2 Å². The zero-order valence-electron chi connectivity index (χ0n) is 14.7. The summed E-state index contributed by atoms with van der Waals surface area (Å²) >= 11 is 12.2. The highest BCUT2D eigenvalue weighted by atomic mass is 35.5. The van der Waals surface area contributed by atoms with Crippen molar-refractivity contribution in [3.63, 3.8) is 0 Å². The van der Waals surface area contributed by atoms with Crippen molar-refractivity contribution in [2.45, 2.75) is 24.5 Å². The highest BCUT2D eigenvalue weighted by molar-refractivity contribution is 6.31. The average Bonchev–Trinajstić information content (AvgIpc) is 3.01. The van der Waals surface area contributed by atoms with Gasteiger partial charge < -0.3 is 15.7 Å².